The van der Waals surface area contributed by atoms with E-state index in [2.05, 4.69) is 241 Å². The van der Waals surface area contributed by atoms with Crippen LogP contribution >= 0.6 is 0 Å². The van der Waals surface area contributed by atoms with Gasteiger partial charge in [0.1, 0.15) is 17.0 Å². The largest absolute Gasteiger partial charge is 0.455 e. The van der Waals surface area contributed by atoms with Gasteiger partial charge in [-0.25, -0.2) is 4.99 Å². The van der Waals surface area contributed by atoms with E-state index in [0.717, 1.165) is 101 Å². The maximum Gasteiger partial charge on any atom is 0.143 e. The second-order valence-corrected chi connectivity index (χ2v) is 20.3. The summed E-state index contributed by atoms with van der Waals surface area (Å²) >= 11 is 0. The summed E-state index contributed by atoms with van der Waals surface area (Å²) in [6.45, 7) is 6.71. The third-order valence-corrected chi connectivity index (χ3v) is 16.1. The maximum absolute atomic E-state index is 6.52. The van der Waals surface area contributed by atoms with Gasteiger partial charge in [-0.15, -0.1) is 0 Å². The third kappa shape index (κ3) is 6.87. The first kappa shape index (κ1) is 43.1. The van der Waals surface area contributed by atoms with E-state index in [1.165, 1.54) is 49.7 Å². The van der Waals surface area contributed by atoms with Crippen molar-refractivity contribution in [2.45, 2.75) is 25.3 Å². The first-order valence-electron chi connectivity index (χ1n) is 26.0. The van der Waals surface area contributed by atoms with Gasteiger partial charge in [0.25, 0.3) is 0 Å². The summed E-state index contributed by atoms with van der Waals surface area (Å²) in [5, 5.41) is 4.69. The molecule has 3 aliphatic rings. The van der Waals surface area contributed by atoms with Gasteiger partial charge < -0.3 is 13.9 Å². The van der Waals surface area contributed by atoms with Crippen LogP contribution in [0.4, 0.5) is 5.69 Å². The number of aromatic nitrogens is 1. The zero-order valence-corrected chi connectivity index (χ0v) is 41.4. The van der Waals surface area contributed by atoms with Crippen molar-refractivity contribution in [3.05, 3.63) is 283 Å². The molecule has 2 unspecified atom stereocenters. The van der Waals surface area contributed by atoms with E-state index in [-0.39, 0.29) is 12.0 Å². The zero-order valence-electron chi connectivity index (χ0n) is 41.4. The molecule has 1 aliphatic heterocycles. The average Bonchev–Trinajstić information content (AvgIpc) is 4.26. The molecule has 3 heterocycles. The molecule has 10 aromatic carbocycles. The van der Waals surface area contributed by atoms with Gasteiger partial charge >= 0.3 is 0 Å². The molecule has 12 aromatic rings. The molecule has 75 heavy (non-hydrogen) atoms. The van der Waals surface area contributed by atoms with Crippen LogP contribution in [0, 0.1) is 6.92 Å². The Morgan fingerprint density at radius 2 is 1.24 bits per heavy atom. The fourth-order valence-corrected chi connectivity index (χ4v) is 12.5. The molecule has 0 spiro atoms. The predicted octanol–water partition coefficient (Wildman–Crippen LogP) is 18.1. The van der Waals surface area contributed by atoms with Crippen LogP contribution in [0.1, 0.15) is 39.3 Å². The monoisotopic (exact) mass is 959 g/mol. The lowest BCUT2D eigenvalue weighted by Gasteiger charge is -2.31. The number of nitrogens with zero attached hydrogens (tertiary/aromatic N) is 3. The molecule has 4 nitrogen and oxygen atoms in total. The van der Waals surface area contributed by atoms with Crippen LogP contribution in [0.2, 0.25) is 0 Å². The number of hydrogen-bond acceptors (Lipinski definition) is 2. The van der Waals surface area contributed by atoms with Gasteiger partial charge in [-0.1, -0.05) is 207 Å². The minimum atomic E-state index is 0.0446. The molecule has 2 aliphatic carbocycles. The summed E-state index contributed by atoms with van der Waals surface area (Å²) in [6, 6.07) is 79.6. The highest BCUT2D eigenvalue weighted by atomic mass is 16.3. The van der Waals surface area contributed by atoms with Crippen molar-refractivity contribution in [2.75, 3.05) is 4.90 Å². The number of benzene rings is 10. The molecule has 0 bridgehead atoms. The van der Waals surface area contributed by atoms with E-state index in [9.17, 15) is 0 Å². The summed E-state index contributed by atoms with van der Waals surface area (Å²) in [5.74, 6) is 1.06. The second-order valence-electron chi connectivity index (χ2n) is 20.3. The summed E-state index contributed by atoms with van der Waals surface area (Å²) in [6.07, 6.45) is 9.97. The molecule has 0 saturated heterocycles. The van der Waals surface area contributed by atoms with E-state index in [0.29, 0.717) is 0 Å². The highest BCUT2D eigenvalue weighted by Gasteiger charge is 2.40. The number of allylic oxidation sites excluding steroid dienone is 2. The molecule has 354 valence electrons. The summed E-state index contributed by atoms with van der Waals surface area (Å²) in [4.78, 5) is 7.91. The fraction of sp³-hybridized carbons (Fsp3) is 0.0563. The summed E-state index contributed by atoms with van der Waals surface area (Å²) < 4.78 is 8.97. The molecular formula is C71H49N3O. The lowest BCUT2D eigenvalue weighted by Crippen LogP contribution is -2.39. The predicted molar refractivity (Wildman–Crippen MR) is 313 cm³/mol. The number of rotatable bonds is 7. The van der Waals surface area contributed by atoms with Crippen molar-refractivity contribution in [1.29, 1.82) is 0 Å². The molecule has 2 atom stereocenters. The number of fused-ring (bicyclic) bond motifs is 12. The molecule has 2 aromatic heterocycles. The number of aryl methyl sites for hydroxylation is 1. The van der Waals surface area contributed by atoms with Gasteiger partial charge in [-0.2, -0.15) is 0 Å². The van der Waals surface area contributed by atoms with Gasteiger partial charge in [-0.05, 0) is 123 Å². The average molecular weight is 960 g/mol. The van der Waals surface area contributed by atoms with Crippen molar-refractivity contribution in [3.8, 4) is 50.2 Å². The lowest BCUT2D eigenvalue weighted by atomic mass is 9.90. The Hall–Kier alpha value is -9.51. The Morgan fingerprint density at radius 1 is 0.533 bits per heavy atom. The second kappa shape index (κ2) is 17.0. The van der Waals surface area contributed by atoms with Crippen molar-refractivity contribution in [3.63, 3.8) is 0 Å². The topological polar surface area (TPSA) is 33.7 Å². The molecule has 15 rings (SSSR count). The third-order valence-electron chi connectivity index (χ3n) is 16.1. The van der Waals surface area contributed by atoms with Gasteiger partial charge in [0.2, 0.25) is 0 Å². The van der Waals surface area contributed by atoms with E-state index >= 15 is 0 Å². The number of para-hydroxylation sites is 2. The van der Waals surface area contributed by atoms with Crippen LogP contribution in [0.25, 0.3) is 99.6 Å². The number of furan rings is 1. The Bertz CT molecular complexity index is 4430. The van der Waals surface area contributed by atoms with Gasteiger partial charge in [0, 0.05) is 50.0 Å². The first-order valence-corrected chi connectivity index (χ1v) is 26.0. The van der Waals surface area contributed by atoms with E-state index in [1.807, 2.05) is 24.3 Å². The summed E-state index contributed by atoms with van der Waals surface area (Å²) in [7, 11) is 0. The number of aliphatic imine (C=N–C) groups is 1. The smallest absolute Gasteiger partial charge is 0.143 e. The number of hydrogen-bond donors (Lipinski definition) is 0. The molecule has 0 N–H and O–H groups in total. The van der Waals surface area contributed by atoms with E-state index < -0.39 is 0 Å². The van der Waals surface area contributed by atoms with E-state index in [4.69, 9.17) is 9.41 Å². The van der Waals surface area contributed by atoms with Crippen molar-refractivity contribution in [1.82, 2.24) is 4.57 Å². The minimum Gasteiger partial charge on any atom is -0.455 e. The summed E-state index contributed by atoms with van der Waals surface area (Å²) in [5.41, 5.74) is 24.1. The Kier molecular flexibility index (Phi) is 9.80. The molecule has 0 saturated carbocycles. The lowest BCUT2D eigenvalue weighted by molar-refractivity contribution is 0.670. The fourth-order valence-electron chi connectivity index (χ4n) is 12.5. The molecular weight excluding hydrogens is 911 g/mol. The van der Waals surface area contributed by atoms with Gasteiger partial charge in [0.15, 0.2) is 0 Å². The maximum atomic E-state index is 6.52. The Balaban J connectivity index is 0.895. The standard InChI is InChI=1S/C71H49N3O/c1-44-16-6-8-20-53(44)71(72-45(2)46-17-4-3-5-18-46)74-65-28-12-10-22-58(65)59-37-32-49(43-68(59)74)48-33-38-60-64-41-51(55-24-14-26-57-54-21-9-7-19-50(54)40-63(55)57)34-39-66(64)73(67(60)42-48)52-35-30-47(31-36-52)56-25-15-27-62-61-23-11-13-29-69(61)75-70(56)62/h3-39,41-43,58,65H,2,40H2,1H3. The number of anilines is 1. The first-order chi connectivity index (χ1) is 37.0. The van der Waals surface area contributed by atoms with Crippen molar-refractivity contribution < 1.29 is 4.42 Å². The minimum absolute atomic E-state index is 0.0446. The highest BCUT2D eigenvalue weighted by Crippen LogP contribution is 2.48. The molecule has 4 heteroatoms. The zero-order chi connectivity index (χ0) is 49.7. The van der Waals surface area contributed by atoms with Gasteiger partial charge in [0.05, 0.1) is 22.8 Å². The van der Waals surface area contributed by atoms with E-state index in [1.54, 1.807) is 0 Å². The number of amidine groups is 1. The van der Waals surface area contributed by atoms with Crippen LogP contribution in [0.15, 0.2) is 259 Å². The van der Waals surface area contributed by atoms with Gasteiger partial charge in [-0.3, -0.25) is 0 Å². The van der Waals surface area contributed by atoms with Crippen LogP contribution < -0.4 is 4.90 Å². The van der Waals surface area contributed by atoms with Crippen LogP contribution in [0.5, 0.6) is 0 Å². The molecule has 0 amide bonds. The Morgan fingerprint density at radius 3 is 2.15 bits per heavy atom. The van der Waals surface area contributed by atoms with Crippen LogP contribution in [-0.4, -0.2) is 16.4 Å². The Labute approximate surface area is 435 Å². The highest BCUT2D eigenvalue weighted by molar-refractivity contribution is 6.16. The van der Waals surface area contributed by atoms with Crippen LogP contribution in [-0.2, 0) is 6.42 Å². The SMILES string of the molecule is C=C(N=C(c1ccccc1C)N1c2cc(-c3ccc4c5cc(-c6cccc7c6Cc6ccccc6-7)ccc5n(-c5ccc(-c6cccc7c6oc6ccccc67)cc5)c4c3)ccc2C2C=CC=CC21)c1ccccc1. The quantitative estimate of drug-likeness (QED) is 0.118. The van der Waals surface area contributed by atoms with Crippen molar-refractivity contribution in [2.24, 2.45) is 4.99 Å². The van der Waals surface area contributed by atoms with Crippen molar-refractivity contribution >= 4 is 61.0 Å². The molecule has 0 radical (unpaired) electrons. The van der Waals surface area contributed by atoms with Crippen LogP contribution in [0.3, 0.4) is 0 Å². The molecule has 0 fully saturated rings. The normalized spacial score (nSPS) is 15.5.